The third-order valence-electron chi connectivity index (χ3n) is 2.43. The van der Waals surface area contributed by atoms with E-state index >= 15 is 0 Å². The van der Waals surface area contributed by atoms with Gasteiger partial charge in [-0.2, -0.15) is 0 Å². The molecule has 0 aliphatic carbocycles. The summed E-state index contributed by atoms with van der Waals surface area (Å²) in [6, 6.07) is 4.82. The molecule has 2 aromatic rings. The quantitative estimate of drug-likeness (QED) is 0.838. The first kappa shape index (κ1) is 15.9. The van der Waals surface area contributed by atoms with Crippen LogP contribution in [0.2, 0.25) is 10.0 Å². The maximum absolute atomic E-state index is 13.5. The first-order valence-corrected chi connectivity index (χ1v) is 7.57. The first-order valence-electron chi connectivity index (χ1n) is 5.33. The largest absolute Gasteiger partial charge is 0.277 e. The van der Waals surface area contributed by atoms with E-state index in [0.717, 1.165) is 18.2 Å². The SMILES string of the molecule is O=S(=O)(Nc1ccc(F)c(F)c1F)c1cc(Cl)cc(Cl)c1. The summed E-state index contributed by atoms with van der Waals surface area (Å²) in [5.41, 5.74) is -0.731. The van der Waals surface area contributed by atoms with Crippen LogP contribution >= 0.6 is 23.2 Å². The zero-order chi connectivity index (χ0) is 15.8. The predicted molar refractivity (Wildman–Crippen MR) is 73.6 cm³/mol. The number of benzene rings is 2. The smallest absolute Gasteiger partial charge is 0.262 e. The lowest BCUT2D eigenvalue weighted by Crippen LogP contribution is -2.14. The fourth-order valence-corrected chi connectivity index (χ4v) is 3.28. The lowest BCUT2D eigenvalue weighted by molar-refractivity contribution is 0.449. The molecule has 0 aromatic heterocycles. The third kappa shape index (κ3) is 3.42. The molecule has 3 nitrogen and oxygen atoms in total. The van der Waals surface area contributed by atoms with Gasteiger partial charge in [-0.1, -0.05) is 23.2 Å². The van der Waals surface area contributed by atoms with Crippen molar-refractivity contribution in [1.29, 1.82) is 0 Å². The van der Waals surface area contributed by atoms with E-state index in [1.165, 1.54) is 6.07 Å². The first-order chi connectivity index (χ1) is 9.70. The van der Waals surface area contributed by atoms with E-state index in [4.69, 9.17) is 23.2 Å². The molecule has 0 atom stereocenters. The molecule has 21 heavy (non-hydrogen) atoms. The highest BCUT2D eigenvalue weighted by atomic mass is 35.5. The molecule has 0 bridgehead atoms. The van der Waals surface area contributed by atoms with E-state index in [1.807, 2.05) is 0 Å². The highest BCUT2D eigenvalue weighted by Crippen LogP contribution is 2.26. The summed E-state index contributed by atoms with van der Waals surface area (Å²) in [5.74, 6) is -4.85. The molecule has 2 aromatic carbocycles. The summed E-state index contributed by atoms with van der Waals surface area (Å²) in [4.78, 5) is -0.343. The van der Waals surface area contributed by atoms with Crippen LogP contribution in [0, 0.1) is 17.5 Å². The minimum atomic E-state index is -4.26. The van der Waals surface area contributed by atoms with Crippen LogP contribution < -0.4 is 4.72 Å². The van der Waals surface area contributed by atoms with Gasteiger partial charge in [0.1, 0.15) is 0 Å². The molecule has 0 radical (unpaired) electrons. The molecule has 0 fully saturated rings. The molecule has 0 spiro atoms. The van der Waals surface area contributed by atoms with Crippen LogP contribution in [0.3, 0.4) is 0 Å². The van der Waals surface area contributed by atoms with Crippen molar-refractivity contribution >= 4 is 38.9 Å². The molecular formula is C12H6Cl2F3NO2S. The molecule has 0 heterocycles. The Kier molecular flexibility index (Phi) is 4.36. The molecule has 112 valence electrons. The van der Waals surface area contributed by atoms with Crippen LogP contribution in [0.25, 0.3) is 0 Å². The van der Waals surface area contributed by atoms with Gasteiger partial charge in [-0.3, -0.25) is 4.72 Å². The summed E-state index contributed by atoms with van der Waals surface area (Å²) < 4.78 is 65.2. The molecule has 0 aliphatic rings. The zero-order valence-corrected chi connectivity index (χ0v) is 12.3. The lowest BCUT2D eigenvalue weighted by atomic mass is 10.3. The van der Waals surface area contributed by atoms with Gasteiger partial charge in [-0.15, -0.1) is 0 Å². The van der Waals surface area contributed by atoms with E-state index in [0.29, 0.717) is 6.07 Å². The van der Waals surface area contributed by atoms with Gasteiger partial charge < -0.3 is 0 Å². The maximum Gasteiger partial charge on any atom is 0.262 e. The van der Waals surface area contributed by atoms with Crippen LogP contribution in [-0.2, 0) is 10.0 Å². The topological polar surface area (TPSA) is 46.2 Å². The number of hydrogen-bond donors (Lipinski definition) is 1. The normalized spacial score (nSPS) is 11.5. The van der Waals surface area contributed by atoms with Gasteiger partial charge in [-0.25, -0.2) is 21.6 Å². The summed E-state index contributed by atoms with van der Waals surface area (Å²) in [7, 11) is -4.26. The van der Waals surface area contributed by atoms with Crippen LogP contribution in [0.15, 0.2) is 35.2 Å². The maximum atomic E-state index is 13.5. The minimum absolute atomic E-state index is 0.0497. The van der Waals surface area contributed by atoms with Crippen molar-refractivity contribution in [2.45, 2.75) is 4.90 Å². The van der Waals surface area contributed by atoms with Gasteiger partial charge in [0.05, 0.1) is 10.6 Å². The Hall–Kier alpha value is -1.44. The summed E-state index contributed by atoms with van der Waals surface area (Å²) in [6.07, 6.45) is 0. The fraction of sp³-hybridized carbons (Fsp3) is 0. The Labute approximate surface area is 128 Å². The van der Waals surface area contributed by atoms with Crippen LogP contribution in [-0.4, -0.2) is 8.42 Å². The van der Waals surface area contributed by atoms with Crippen LogP contribution in [0.4, 0.5) is 18.9 Å². The van der Waals surface area contributed by atoms with E-state index in [9.17, 15) is 21.6 Å². The van der Waals surface area contributed by atoms with Gasteiger partial charge in [0.25, 0.3) is 10.0 Å². The zero-order valence-electron chi connectivity index (χ0n) is 10.0. The Morgan fingerprint density at radius 1 is 0.905 bits per heavy atom. The molecule has 0 amide bonds. The van der Waals surface area contributed by atoms with Crippen molar-refractivity contribution in [3.63, 3.8) is 0 Å². The van der Waals surface area contributed by atoms with Crippen molar-refractivity contribution in [2.24, 2.45) is 0 Å². The van der Waals surface area contributed by atoms with Crippen molar-refractivity contribution < 1.29 is 21.6 Å². The minimum Gasteiger partial charge on any atom is -0.277 e. The van der Waals surface area contributed by atoms with Gasteiger partial charge in [0.15, 0.2) is 17.5 Å². The molecule has 0 saturated carbocycles. The van der Waals surface area contributed by atoms with Crippen LogP contribution in [0.1, 0.15) is 0 Å². The highest BCUT2D eigenvalue weighted by molar-refractivity contribution is 7.92. The third-order valence-corrected chi connectivity index (χ3v) is 4.21. The van der Waals surface area contributed by atoms with Gasteiger partial charge in [-0.05, 0) is 30.3 Å². The van der Waals surface area contributed by atoms with Crippen molar-refractivity contribution in [1.82, 2.24) is 0 Å². The number of nitrogens with one attached hydrogen (secondary N) is 1. The molecule has 9 heteroatoms. The number of halogens is 5. The average molecular weight is 356 g/mol. The second-order valence-electron chi connectivity index (χ2n) is 3.93. The monoisotopic (exact) mass is 355 g/mol. The van der Waals surface area contributed by atoms with Gasteiger partial charge in [0.2, 0.25) is 0 Å². The second-order valence-corrected chi connectivity index (χ2v) is 6.49. The number of anilines is 1. The Bertz CT molecular complexity index is 792. The average Bonchev–Trinajstić information content (AvgIpc) is 2.38. The van der Waals surface area contributed by atoms with Crippen molar-refractivity contribution in [2.75, 3.05) is 4.72 Å². The van der Waals surface area contributed by atoms with Crippen LogP contribution in [0.5, 0.6) is 0 Å². The molecule has 0 saturated heterocycles. The van der Waals surface area contributed by atoms with E-state index in [2.05, 4.69) is 0 Å². The Morgan fingerprint density at radius 2 is 1.48 bits per heavy atom. The second kappa shape index (κ2) is 5.75. The molecule has 0 unspecified atom stereocenters. The number of rotatable bonds is 3. The lowest BCUT2D eigenvalue weighted by Gasteiger charge is -2.10. The molecule has 1 N–H and O–H groups in total. The van der Waals surface area contributed by atoms with Gasteiger partial charge >= 0.3 is 0 Å². The van der Waals surface area contributed by atoms with Crippen molar-refractivity contribution in [3.8, 4) is 0 Å². The Morgan fingerprint density at radius 3 is 2.05 bits per heavy atom. The van der Waals surface area contributed by atoms with Gasteiger partial charge in [0, 0.05) is 10.0 Å². The van der Waals surface area contributed by atoms with E-state index < -0.39 is 33.2 Å². The highest BCUT2D eigenvalue weighted by Gasteiger charge is 2.20. The van der Waals surface area contributed by atoms with E-state index in [-0.39, 0.29) is 14.9 Å². The Balaban J connectivity index is 2.45. The predicted octanol–water partition coefficient (Wildman–Crippen LogP) is 4.21. The summed E-state index contributed by atoms with van der Waals surface area (Å²) >= 11 is 11.4. The van der Waals surface area contributed by atoms with E-state index in [1.54, 1.807) is 4.72 Å². The summed E-state index contributed by atoms with van der Waals surface area (Å²) in [6.45, 7) is 0. The molecular weight excluding hydrogens is 350 g/mol. The number of sulfonamides is 1. The molecule has 0 aliphatic heterocycles. The molecule has 2 rings (SSSR count). The number of hydrogen-bond acceptors (Lipinski definition) is 2. The fourth-order valence-electron chi connectivity index (χ4n) is 1.49. The standard InChI is InChI=1S/C12H6Cl2F3NO2S/c13-6-3-7(14)5-8(4-6)21(19,20)18-10-2-1-9(15)11(16)12(10)17/h1-5,18H. The summed E-state index contributed by atoms with van der Waals surface area (Å²) in [5, 5.41) is 0.0993. The van der Waals surface area contributed by atoms with Crippen molar-refractivity contribution in [3.05, 3.63) is 57.8 Å².